The molecular formula is C31H34N2O5. The number of aliphatic hydroxyl groups excluding tert-OH is 1. The molecule has 2 aliphatic heterocycles. The van der Waals surface area contributed by atoms with Crippen molar-refractivity contribution in [1.29, 1.82) is 0 Å². The van der Waals surface area contributed by atoms with Gasteiger partial charge in [0.05, 0.1) is 23.2 Å². The summed E-state index contributed by atoms with van der Waals surface area (Å²) in [4.78, 5) is 17.2. The van der Waals surface area contributed by atoms with Crippen LogP contribution < -0.4 is 4.74 Å². The number of carbonyl (C=O) groups excluding carboxylic acids is 1. The van der Waals surface area contributed by atoms with Crippen LogP contribution in [-0.2, 0) is 16.6 Å². The van der Waals surface area contributed by atoms with E-state index in [1.54, 1.807) is 18.0 Å². The number of aromatic hydroxyl groups is 1. The summed E-state index contributed by atoms with van der Waals surface area (Å²) in [5.74, 6) is 6.40. The Labute approximate surface area is 223 Å². The van der Waals surface area contributed by atoms with E-state index in [1.165, 1.54) is 12.8 Å². The van der Waals surface area contributed by atoms with Gasteiger partial charge in [-0.05, 0) is 74.3 Å². The van der Waals surface area contributed by atoms with Crippen LogP contribution in [0.1, 0.15) is 47.9 Å². The summed E-state index contributed by atoms with van der Waals surface area (Å²) in [7, 11) is 1.72. The van der Waals surface area contributed by atoms with Gasteiger partial charge in [-0.1, -0.05) is 24.1 Å². The molecule has 7 nitrogen and oxygen atoms in total. The number of hydrogen-bond acceptors (Lipinski definition) is 6. The van der Waals surface area contributed by atoms with Gasteiger partial charge in [0, 0.05) is 43.2 Å². The predicted octanol–water partition coefficient (Wildman–Crippen LogP) is 2.11. The number of hydrogen-bond donors (Lipinski definition) is 3. The number of benzene rings is 2. The van der Waals surface area contributed by atoms with Crippen molar-refractivity contribution in [3.8, 4) is 23.3 Å². The quantitative estimate of drug-likeness (QED) is 0.544. The maximum atomic E-state index is 13.3. The average Bonchev–Trinajstić information content (AvgIpc) is 3.62. The minimum absolute atomic E-state index is 0.00732. The number of β-amino-alcohol motifs (C(OH)–C–C–N with tert-alkyl or cyclic N) is 1. The Kier molecular flexibility index (Phi) is 5.20. The molecule has 2 aromatic carbocycles. The van der Waals surface area contributed by atoms with Crippen molar-refractivity contribution >= 4 is 5.91 Å². The second kappa shape index (κ2) is 8.22. The van der Waals surface area contributed by atoms with Crippen LogP contribution in [0.25, 0.3) is 0 Å². The van der Waals surface area contributed by atoms with Gasteiger partial charge in [0.25, 0.3) is 5.91 Å². The van der Waals surface area contributed by atoms with Crippen molar-refractivity contribution in [3.63, 3.8) is 0 Å². The van der Waals surface area contributed by atoms with E-state index in [0.29, 0.717) is 37.5 Å². The number of likely N-dealkylation sites (N-methyl/N-ethyl adjacent to an activating group) is 1. The molecule has 3 fully saturated rings. The van der Waals surface area contributed by atoms with Crippen molar-refractivity contribution in [2.24, 2.45) is 5.92 Å². The highest BCUT2D eigenvalue weighted by Gasteiger charge is 2.76. The summed E-state index contributed by atoms with van der Waals surface area (Å²) < 4.78 is 6.51. The van der Waals surface area contributed by atoms with Gasteiger partial charge in [-0.3, -0.25) is 9.69 Å². The van der Waals surface area contributed by atoms with Crippen LogP contribution in [0.3, 0.4) is 0 Å². The molecular weight excluding hydrogens is 480 g/mol. The molecule has 0 aromatic heterocycles. The van der Waals surface area contributed by atoms with Crippen LogP contribution in [-0.4, -0.2) is 81.1 Å². The third-order valence-corrected chi connectivity index (χ3v) is 9.90. The molecule has 3 aliphatic carbocycles. The summed E-state index contributed by atoms with van der Waals surface area (Å²) in [5.41, 5.74) is 1.23. The van der Waals surface area contributed by atoms with E-state index >= 15 is 0 Å². The third kappa shape index (κ3) is 3.17. The van der Waals surface area contributed by atoms with E-state index in [1.807, 2.05) is 37.3 Å². The molecule has 7 rings (SSSR count). The number of ether oxygens (including phenoxy) is 1. The lowest BCUT2D eigenvalue weighted by Gasteiger charge is -2.66. The van der Waals surface area contributed by atoms with E-state index in [4.69, 9.17) is 4.74 Å². The third-order valence-electron chi connectivity index (χ3n) is 9.90. The minimum atomic E-state index is -1.23. The maximum Gasteiger partial charge on any atom is 0.298 e. The monoisotopic (exact) mass is 514 g/mol. The van der Waals surface area contributed by atoms with Crippen LogP contribution in [0.15, 0.2) is 36.4 Å². The zero-order valence-electron chi connectivity index (χ0n) is 21.9. The second-order valence-electron chi connectivity index (χ2n) is 12.1. The molecule has 0 radical (unpaired) electrons. The number of likely N-dealkylation sites (tertiary alicyclic amines) is 1. The number of carbonyl (C=O) groups is 1. The van der Waals surface area contributed by atoms with Gasteiger partial charge >= 0.3 is 0 Å². The number of aryl methyl sites for hydroxylation is 1. The fourth-order valence-electron chi connectivity index (χ4n) is 8.00. The highest BCUT2D eigenvalue weighted by Crippen LogP contribution is 2.66. The average molecular weight is 515 g/mol. The van der Waals surface area contributed by atoms with Gasteiger partial charge in [-0.2, -0.15) is 0 Å². The van der Waals surface area contributed by atoms with Crippen LogP contribution in [0, 0.1) is 24.7 Å². The number of nitrogens with zero attached hydrogens (tertiary/aromatic N) is 2. The lowest BCUT2D eigenvalue weighted by atomic mass is 9.47. The summed E-state index contributed by atoms with van der Waals surface area (Å²) in [6.45, 7) is 3.30. The summed E-state index contributed by atoms with van der Waals surface area (Å²) in [5, 5.41) is 35.4. The largest absolute Gasteiger partial charge is 0.504 e. The number of rotatable bonds is 3. The second-order valence-corrected chi connectivity index (χ2v) is 12.1. The normalized spacial score (nSPS) is 34.5. The zero-order valence-corrected chi connectivity index (χ0v) is 21.9. The van der Waals surface area contributed by atoms with Crippen molar-refractivity contribution in [2.45, 2.75) is 74.3 Å². The molecule has 1 spiro atoms. The summed E-state index contributed by atoms with van der Waals surface area (Å²) >= 11 is 0. The van der Waals surface area contributed by atoms with Crippen molar-refractivity contribution in [2.75, 3.05) is 20.1 Å². The van der Waals surface area contributed by atoms with E-state index in [-0.39, 0.29) is 17.7 Å². The van der Waals surface area contributed by atoms with Crippen molar-refractivity contribution < 1.29 is 24.9 Å². The first-order valence-corrected chi connectivity index (χ1v) is 13.8. The van der Waals surface area contributed by atoms with E-state index < -0.39 is 29.3 Å². The van der Waals surface area contributed by atoms with E-state index in [9.17, 15) is 20.1 Å². The molecule has 38 heavy (non-hydrogen) atoms. The highest BCUT2D eigenvalue weighted by molar-refractivity contribution is 5.94. The van der Waals surface area contributed by atoms with Gasteiger partial charge in [-0.25, -0.2) is 0 Å². The summed E-state index contributed by atoms with van der Waals surface area (Å²) in [6.07, 6.45) is 2.39. The molecule has 6 atom stereocenters. The van der Waals surface area contributed by atoms with Crippen LogP contribution in [0.4, 0.5) is 0 Å². The molecule has 198 valence electrons. The van der Waals surface area contributed by atoms with Crippen LogP contribution in [0.2, 0.25) is 0 Å². The zero-order chi connectivity index (χ0) is 26.4. The Bertz CT molecular complexity index is 1390. The molecule has 1 saturated heterocycles. The highest BCUT2D eigenvalue weighted by atomic mass is 16.5. The molecule has 7 heteroatoms. The first kappa shape index (κ1) is 24.0. The van der Waals surface area contributed by atoms with Crippen LogP contribution in [0.5, 0.6) is 11.5 Å². The number of amides is 1. The molecule has 0 unspecified atom stereocenters. The molecule has 2 saturated carbocycles. The Morgan fingerprint density at radius 1 is 1.24 bits per heavy atom. The Balaban J connectivity index is 1.29. The smallest absolute Gasteiger partial charge is 0.298 e. The Morgan fingerprint density at radius 2 is 2.05 bits per heavy atom. The fourth-order valence-corrected chi connectivity index (χ4v) is 8.00. The Morgan fingerprint density at radius 3 is 2.82 bits per heavy atom. The van der Waals surface area contributed by atoms with E-state index in [2.05, 4.69) is 16.7 Å². The minimum Gasteiger partial charge on any atom is -0.504 e. The molecule has 5 aliphatic rings. The summed E-state index contributed by atoms with van der Waals surface area (Å²) in [6, 6.07) is 10.7. The maximum absolute atomic E-state index is 13.3. The Hall–Kier alpha value is -3.05. The first-order chi connectivity index (χ1) is 18.2. The molecule has 2 heterocycles. The first-order valence-electron chi connectivity index (χ1n) is 13.8. The fraction of sp³-hybridized carbons (Fsp3) is 0.516. The SMILES string of the molecule is Cc1cccc(C#CC(=O)N(C)[C@@H]2CC[C@@]3(O)[C@H]4Cc5ccc(O)c6c5[C@@]3([C@@H](O)CN4CC3CC3)[C@H]2O6)c1. The predicted molar refractivity (Wildman–Crippen MR) is 141 cm³/mol. The molecule has 2 bridgehead atoms. The standard InChI is InChI=1S/C31H34N2O5/c1-18-4-3-5-19(14-18)8-11-26(36)32(2)22-12-13-30(37)24-15-21-9-10-23(34)28-27(21)31(30,29(22)38-28)25(35)17-33(24)16-20-6-7-20/h3-5,9-10,14,20,22,24-25,29,34-35,37H,6-7,12-13,15-17H2,1-2H3/t22-,24-,25+,29+,30-,31+/m1/s1. The van der Waals surface area contributed by atoms with Gasteiger partial charge in [0.1, 0.15) is 6.10 Å². The number of aliphatic hydroxyl groups is 2. The van der Waals surface area contributed by atoms with Gasteiger partial charge in [0.15, 0.2) is 11.5 Å². The topological polar surface area (TPSA) is 93.5 Å². The molecule has 1 amide bonds. The number of phenolic OH excluding ortho intramolecular Hbond substituents is 1. The lowest BCUT2D eigenvalue weighted by molar-refractivity contribution is -0.236. The number of piperidine rings is 1. The van der Waals surface area contributed by atoms with E-state index in [0.717, 1.165) is 28.8 Å². The number of phenols is 1. The van der Waals surface area contributed by atoms with Gasteiger partial charge in [-0.15, -0.1) is 0 Å². The van der Waals surface area contributed by atoms with Gasteiger partial charge < -0.3 is 25.0 Å². The van der Waals surface area contributed by atoms with Crippen molar-refractivity contribution in [1.82, 2.24) is 9.80 Å². The molecule has 3 N–H and O–H groups in total. The van der Waals surface area contributed by atoms with Gasteiger partial charge in [0.2, 0.25) is 0 Å². The molecule has 2 aromatic rings. The van der Waals surface area contributed by atoms with Crippen molar-refractivity contribution in [3.05, 3.63) is 58.7 Å². The lowest BCUT2D eigenvalue weighted by Crippen LogP contribution is -2.82. The van der Waals surface area contributed by atoms with Crippen LogP contribution >= 0.6 is 0 Å².